The number of rotatable bonds is 1. The summed E-state index contributed by atoms with van der Waals surface area (Å²) in [7, 11) is 0. The first-order valence-electron chi connectivity index (χ1n) is 7.07. The van der Waals surface area contributed by atoms with Crippen molar-refractivity contribution in [3.05, 3.63) is 59.9 Å². The number of aryl methyl sites for hydroxylation is 2. The van der Waals surface area contributed by atoms with E-state index in [0.717, 1.165) is 17.8 Å². The van der Waals surface area contributed by atoms with Gasteiger partial charge in [0.2, 0.25) is 0 Å². The second-order valence-corrected chi connectivity index (χ2v) is 5.33. The zero-order valence-electron chi connectivity index (χ0n) is 11.7. The van der Waals surface area contributed by atoms with Crippen molar-refractivity contribution in [2.24, 2.45) is 0 Å². The van der Waals surface area contributed by atoms with Crippen LogP contribution < -0.4 is 0 Å². The molecule has 4 rings (SSSR count). The molecule has 2 aromatic carbocycles. The van der Waals surface area contributed by atoms with E-state index in [9.17, 15) is 0 Å². The standard InChI is InChI=1S/C18H16N2/c1-3-18-19-15-7-5-4-6-14(15)17-11-13-10-12(2)8-9-16(13)20(17)18/h4-11H,3H2,1-2H3. The molecule has 0 saturated heterocycles. The fourth-order valence-corrected chi connectivity index (χ4v) is 3.03. The Morgan fingerprint density at radius 3 is 2.70 bits per heavy atom. The van der Waals surface area contributed by atoms with Crippen LogP contribution in [0, 0.1) is 6.92 Å². The van der Waals surface area contributed by atoms with E-state index in [1.165, 1.54) is 27.4 Å². The number of para-hydroxylation sites is 1. The van der Waals surface area contributed by atoms with E-state index in [1.54, 1.807) is 0 Å². The number of aromatic nitrogens is 2. The van der Waals surface area contributed by atoms with Crippen LogP contribution in [0.1, 0.15) is 18.3 Å². The third-order valence-electron chi connectivity index (χ3n) is 3.96. The predicted octanol–water partition coefficient (Wildman–Crippen LogP) is 4.51. The summed E-state index contributed by atoms with van der Waals surface area (Å²) in [5, 5.41) is 2.51. The second-order valence-electron chi connectivity index (χ2n) is 5.33. The van der Waals surface area contributed by atoms with Crippen LogP contribution in [0.5, 0.6) is 0 Å². The van der Waals surface area contributed by atoms with Crippen LogP contribution in [0.15, 0.2) is 48.5 Å². The summed E-state index contributed by atoms with van der Waals surface area (Å²) in [5.74, 6) is 1.12. The number of hydrogen-bond acceptors (Lipinski definition) is 1. The lowest BCUT2D eigenvalue weighted by molar-refractivity contribution is 0.934. The second kappa shape index (κ2) is 4.07. The van der Waals surface area contributed by atoms with E-state index in [2.05, 4.69) is 66.8 Å². The summed E-state index contributed by atoms with van der Waals surface area (Å²) in [6, 6.07) is 17.3. The Labute approximate surface area is 117 Å². The molecule has 0 aliphatic carbocycles. The molecule has 98 valence electrons. The van der Waals surface area contributed by atoms with Crippen molar-refractivity contribution in [1.82, 2.24) is 9.38 Å². The van der Waals surface area contributed by atoms with Crippen LogP contribution in [0.2, 0.25) is 0 Å². The molecule has 2 heterocycles. The highest BCUT2D eigenvalue weighted by Crippen LogP contribution is 2.28. The highest BCUT2D eigenvalue weighted by atomic mass is 15.0. The molecule has 0 fully saturated rings. The van der Waals surface area contributed by atoms with Crippen molar-refractivity contribution in [2.75, 3.05) is 0 Å². The summed E-state index contributed by atoms with van der Waals surface area (Å²) in [6.45, 7) is 4.30. The van der Waals surface area contributed by atoms with Gasteiger partial charge in [0.05, 0.1) is 16.6 Å². The van der Waals surface area contributed by atoms with E-state index >= 15 is 0 Å². The molecule has 0 radical (unpaired) electrons. The van der Waals surface area contributed by atoms with E-state index in [0.29, 0.717) is 0 Å². The molecule has 4 aromatic rings. The van der Waals surface area contributed by atoms with Gasteiger partial charge in [0.15, 0.2) is 0 Å². The van der Waals surface area contributed by atoms with Crippen LogP contribution in [0.3, 0.4) is 0 Å². The Morgan fingerprint density at radius 2 is 1.85 bits per heavy atom. The van der Waals surface area contributed by atoms with Gasteiger partial charge >= 0.3 is 0 Å². The molecule has 2 aromatic heterocycles. The van der Waals surface area contributed by atoms with E-state index in [4.69, 9.17) is 4.98 Å². The molecular weight excluding hydrogens is 244 g/mol. The monoisotopic (exact) mass is 260 g/mol. The minimum absolute atomic E-state index is 0.930. The van der Waals surface area contributed by atoms with Crippen molar-refractivity contribution in [2.45, 2.75) is 20.3 Å². The largest absolute Gasteiger partial charge is 0.297 e. The Bertz CT molecular complexity index is 948. The summed E-state index contributed by atoms with van der Waals surface area (Å²) in [6.07, 6.45) is 0.930. The van der Waals surface area contributed by atoms with Crippen molar-refractivity contribution in [1.29, 1.82) is 0 Å². The van der Waals surface area contributed by atoms with Crippen molar-refractivity contribution in [3.63, 3.8) is 0 Å². The van der Waals surface area contributed by atoms with Gasteiger partial charge in [-0.1, -0.05) is 36.8 Å². The molecule has 0 saturated carbocycles. The molecule has 0 aliphatic rings. The highest BCUT2D eigenvalue weighted by molar-refractivity contribution is 6.01. The maximum absolute atomic E-state index is 4.83. The van der Waals surface area contributed by atoms with Gasteiger partial charge in [-0.2, -0.15) is 0 Å². The lowest BCUT2D eigenvalue weighted by Crippen LogP contribution is -2.00. The normalized spacial score (nSPS) is 11.7. The average molecular weight is 260 g/mol. The molecule has 0 atom stereocenters. The van der Waals surface area contributed by atoms with Gasteiger partial charge in [-0.25, -0.2) is 4.98 Å². The lowest BCUT2D eigenvalue weighted by atomic mass is 10.2. The van der Waals surface area contributed by atoms with Crippen molar-refractivity contribution < 1.29 is 0 Å². The van der Waals surface area contributed by atoms with Gasteiger partial charge in [-0.05, 0) is 31.2 Å². The average Bonchev–Trinajstić information content (AvgIpc) is 2.85. The quantitative estimate of drug-likeness (QED) is 0.492. The first-order valence-corrected chi connectivity index (χ1v) is 7.07. The number of hydrogen-bond donors (Lipinski definition) is 0. The molecule has 20 heavy (non-hydrogen) atoms. The number of fused-ring (bicyclic) bond motifs is 5. The van der Waals surface area contributed by atoms with Crippen molar-refractivity contribution in [3.8, 4) is 0 Å². The molecule has 0 amide bonds. The fraction of sp³-hybridized carbons (Fsp3) is 0.167. The van der Waals surface area contributed by atoms with Crippen LogP contribution in [0.25, 0.3) is 27.3 Å². The third-order valence-corrected chi connectivity index (χ3v) is 3.96. The molecule has 2 heteroatoms. The highest BCUT2D eigenvalue weighted by Gasteiger charge is 2.10. The SMILES string of the molecule is CCc1nc2ccccc2c2cc3cc(C)ccc3n12. The number of benzene rings is 2. The summed E-state index contributed by atoms with van der Waals surface area (Å²) >= 11 is 0. The van der Waals surface area contributed by atoms with E-state index < -0.39 is 0 Å². The topological polar surface area (TPSA) is 17.3 Å². The van der Waals surface area contributed by atoms with Gasteiger partial charge in [-0.3, -0.25) is 4.40 Å². The molecule has 0 spiro atoms. The smallest absolute Gasteiger partial charge is 0.114 e. The Balaban J connectivity index is 2.31. The Morgan fingerprint density at radius 1 is 1.00 bits per heavy atom. The zero-order valence-corrected chi connectivity index (χ0v) is 11.7. The minimum Gasteiger partial charge on any atom is -0.297 e. The minimum atomic E-state index is 0.930. The zero-order chi connectivity index (χ0) is 13.7. The summed E-state index contributed by atoms with van der Waals surface area (Å²) < 4.78 is 2.30. The molecule has 0 N–H and O–H groups in total. The van der Waals surface area contributed by atoms with Crippen LogP contribution in [0.4, 0.5) is 0 Å². The molecule has 0 bridgehead atoms. The third kappa shape index (κ3) is 1.48. The maximum Gasteiger partial charge on any atom is 0.114 e. The first kappa shape index (κ1) is 11.5. The molecular formula is C18H16N2. The van der Waals surface area contributed by atoms with Crippen LogP contribution in [-0.2, 0) is 6.42 Å². The van der Waals surface area contributed by atoms with Crippen LogP contribution in [-0.4, -0.2) is 9.38 Å². The van der Waals surface area contributed by atoms with Gasteiger partial charge in [0, 0.05) is 17.2 Å². The summed E-state index contributed by atoms with van der Waals surface area (Å²) in [4.78, 5) is 4.83. The van der Waals surface area contributed by atoms with Gasteiger partial charge < -0.3 is 0 Å². The predicted molar refractivity (Wildman–Crippen MR) is 84.3 cm³/mol. The van der Waals surface area contributed by atoms with E-state index in [1.807, 2.05) is 0 Å². The Hall–Kier alpha value is -2.35. The molecule has 0 aliphatic heterocycles. The first-order chi connectivity index (χ1) is 9.78. The lowest BCUT2D eigenvalue weighted by Gasteiger charge is -2.08. The van der Waals surface area contributed by atoms with Gasteiger partial charge in [0.25, 0.3) is 0 Å². The van der Waals surface area contributed by atoms with E-state index in [-0.39, 0.29) is 0 Å². The van der Waals surface area contributed by atoms with Gasteiger partial charge in [-0.15, -0.1) is 0 Å². The fourth-order valence-electron chi connectivity index (χ4n) is 3.03. The number of nitrogens with zero attached hydrogens (tertiary/aromatic N) is 2. The Kier molecular flexibility index (Phi) is 2.34. The molecule has 0 unspecified atom stereocenters. The van der Waals surface area contributed by atoms with Crippen LogP contribution >= 0.6 is 0 Å². The summed E-state index contributed by atoms with van der Waals surface area (Å²) in [5.41, 5.74) is 4.88. The van der Waals surface area contributed by atoms with Crippen molar-refractivity contribution >= 4 is 27.3 Å². The maximum atomic E-state index is 4.83. The molecule has 2 nitrogen and oxygen atoms in total. The van der Waals surface area contributed by atoms with Gasteiger partial charge in [0.1, 0.15) is 5.82 Å².